The summed E-state index contributed by atoms with van der Waals surface area (Å²) in [7, 11) is 4.08. The SMILES string of the molecule is CNC(CCc1nccn1C)C1COc2ccccc21. The van der Waals surface area contributed by atoms with Crippen LogP contribution in [0.25, 0.3) is 0 Å². The van der Waals surface area contributed by atoms with Crippen LogP contribution >= 0.6 is 0 Å². The Bertz CT molecular complexity index is 579. The van der Waals surface area contributed by atoms with Gasteiger partial charge in [0.05, 0.1) is 6.61 Å². The average molecular weight is 271 g/mol. The molecule has 1 aromatic carbocycles. The van der Waals surface area contributed by atoms with Crippen molar-refractivity contribution in [3.8, 4) is 5.75 Å². The molecule has 1 N–H and O–H groups in total. The molecule has 0 bridgehead atoms. The summed E-state index contributed by atoms with van der Waals surface area (Å²) in [4.78, 5) is 4.40. The summed E-state index contributed by atoms with van der Waals surface area (Å²) in [6, 6.07) is 8.77. The molecule has 1 aromatic heterocycles. The fraction of sp³-hybridized carbons (Fsp3) is 0.438. The maximum absolute atomic E-state index is 5.79. The Morgan fingerprint density at radius 2 is 2.30 bits per heavy atom. The van der Waals surface area contributed by atoms with Crippen LogP contribution in [0, 0.1) is 0 Å². The maximum Gasteiger partial charge on any atom is 0.122 e. The zero-order valence-corrected chi connectivity index (χ0v) is 12.0. The minimum absolute atomic E-state index is 0.412. The summed E-state index contributed by atoms with van der Waals surface area (Å²) in [5, 5.41) is 3.45. The van der Waals surface area contributed by atoms with Crippen molar-refractivity contribution in [2.45, 2.75) is 24.8 Å². The largest absolute Gasteiger partial charge is 0.493 e. The number of aryl methyl sites for hydroxylation is 2. The molecule has 1 aliphatic heterocycles. The molecule has 0 radical (unpaired) electrons. The average Bonchev–Trinajstić information content (AvgIpc) is 3.07. The van der Waals surface area contributed by atoms with Crippen LogP contribution in [0.15, 0.2) is 36.7 Å². The summed E-state index contributed by atoms with van der Waals surface area (Å²) in [6.07, 6.45) is 5.90. The van der Waals surface area contributed by atoms with Crippen LogP contribution in [-0.4, -0.2) is 29.2 Å². The lowest BCUT2D eigenvalue weighted by Gasteiger charge is -2.22. The molecule has 4 heteroatoms. The number of likely N-dealkylation sites (N-methyl/N-ethyl adjacent to an activating group) is 1. The minimum atomic E-state index is 0.412. The summed E-state index contributed by atoms with van der Waals surface area (Å²) in [6.45, 7) is 0.769. The Balaban J connectivity index is 1.70. The Hall–Kier alpha value is -1.81. The zero-order chi connectivity index (χ0) is 13.9. The fourth-order valence-electron chi connectivity index (χ4n) is 2.99. The predicted octanol–water partition coefficient (Wildman–Crippen LogP) is 2.12. The number of fused-ring (bicyclic) bond motifs is 1. The van der Waals surface area contributed by atoms with Crippen molar-refractivity contribution in [2.75, 3.05) is 13.7 Å². The van der Waals surface area contributed by atoms with E-state index in [1.165, 1.54) is 5.56 Å². The topological polar surface area (TPSA) is 39.1 Å². The van der Waals surface area contributed by atoms with Crippen LogP contribution in [0.4, 0.5) is 0 Å². The van der Waals surface area contributed by atoms with Gasteiger partial charge in [0.15, 0.2) is 0 Å². The van der Waals surface area contributed by atoms with Crippen LogP contribution in [0.1, 0.15) is 23.7 Å². The molecular weight excluding hydrogens is 250 g/mol. The predicted molar refractivity (Wildman–Crippen MR) is 79.1 cm³/mol. The van der Waals surface area contributed by atoms with E-state index < -0.39 is 0 Å². The van der Waals surface area contributed by atoms with Crippen molar-refractivity contribution in [2.24, 2.45) is 7.05 Å². The number of hydrogen-bond donors (Lipinski definition) is 1. The highest BCUT2D eigenvalue weighted by atomic mass is 16.5. The van der Waals surface area contributed by atoms with Gasteiger partial charge in [-0.2, -0.15) is 0 Å². The van der Waals surface area contributed by atoms with E-state index in [9.17, 15) is 0 Å². The third-order valence-electron chi connectivity index (χ3n) is 4.19. The smallest absolute Gasteiger partial charge is 0.122 e. The molecule has 0 amide bonds. The number of ether oxygens (including phenoxy) is 1. The van der Waals surface area contributed by atoms with Gasteiger partial charge in [-0.3, -0.25) is 0 Å². The first-order valence-electron chi connectivity index (χ1n) is 7.15. The number of hydrogen-bond acceptors (Lipinski definition) is 3. The van der Waals surface area contributed by atoms with Crippen molar-refractivity contribution in [1.82, 2.24) is 14.9 Å². The van der Waals surface area contributed by atoms with Gasteiger partial charge in [0.2, 0.25) is 0 Å². The van der Waals surface area contributed by atoms with Crippen LogP contribution < -0.4 is 10.1 Å². The highest BCUT2D eigenvalue weighted by Gasteiger charge is 2.30. The molecule has 2 atom stereocenters. The van der Waals surface area contributed by atoms with E-state index >= 15 is 0 Å². The standard InChI is InChI=1S/C16H21N3O/c1-17-14(7-8-16-18-9-10-19(16)2)13-11-20-15-6-4-3-5-12(13)15/h3-6,9-10,13-14,17H,7-8,11H2,1-2H3. The number of nitrogens with one attached hydrogen (secondary N) is 1. The number of aromatic nitrogens is 2. The third-order valence-corrected chi connectivity index (χ3v) is 4.19. The van der Waals surface area contributed by atoms with E-state index in [1.54, 1.807) is 0 Å². The number of imidazole rings is 1. The van der Waals surface area contributed by atoms with Gasteiger partial charge in [-0.15, -0.1) is 0 Å². The molecule has 0 fully saturated rings. The molecular formula is C16H21N3O. The van der Waals surface area contributed by atoms with E-state index in [0.717, 1.165) is 31.0 Å². The maximum atomic E-state index is 5.79. The molecule has 2 heterocycles. The van der Waals surface area contributed by atoms with E-state index in [-0.39, 0.29) is 0 Å². The molecule has 2 aromatic rings. The molecule has 4 nitrogen and oxygen atoms in total. The van der Waals surface area contributed by atoms with Gasteiger partial charge in [0.25, 0.3) is 0 Å². The lowest BCUT2D eigenvalue weighted by molar-refractivity contribution is 0.296. The van der Waals surface area contributed by atoms with Crippen molar-refractivity contribution < 1.29 is 4.74 Å². The Morgan fingerprint density at radius 1 is 1.45 bits per heavy atom. The summed E-state index contributed by atoms with van der Waals surface area (Å²) in [5.41, 5.74) is 1.33. The monoisotopic (exact) mass is 271 g/mol. The number of nitrogens with zero attached hydrogens (tertiary/aromatic N) is 2. The fourth-order valence-corrected chi connectivity index (χ4v) is 2.99. The lowest BCUT2D eigenvalue weighted by Crippen LogP contribution is -2.33. The van der Waals surface area contributed by atoms with Crippen LogP contribution in [0.5, 0.6) is 5.75 Å². The van der Waals surface area contributed by atoms with Gasteiger partial charge in [0, 0.05) is 43.4 Å². The second-order valence-electron chi connectivity index (χ2n) is 5.34. The Kier molecular flexibility index (Phi) is 3.74. The molecule has 106 valence electrons. The summed E-state index contributed by atoms with van der Waals surface area (Å²) >= 11 is 0. The molecule has 0 aliphatic carbocycles. The Labute approximate surface area is 119 Å². The van der Waals surface area contributed by atoms with Gasteiger partial charge >= 0.3 is 0 Å². The number of benzene rings is 1. The number of para-hydroxylation sites is 1. The Morgan fingerprint density at radius 3 is 3.05 bits per heavy atom. The van der Waals surface area contributed by atoms with Crippen molar-refractivity contribution in [3.05, 3.63) is 48.0 Å². The van der Waals surface area contributed by atoms with Gasteiger partial charge < -0.3 is 14.6 Å². The van der Waals surface area contributed by atoms with E-state index in [1.807, 2.05) is 32.6 Å². The van der Waals surface area contributed by atoms with Gasteiger partial charge in [-0.25, -0.2) is 4.98 Å². The molecule has 0 spiro atoms. The van der Waals surface area contributed by atoms with E-state index in [0.29, 0.717) is 12.0 Å². The molecule has 2 unspecified atom stereocenters. The molecule has 0 saturated heterocycles. The quantitative estimate of drug-likeness (QED) is 0.905. The molecule has 20 heavy (non-hydrogen) atoms. The van der Waals surface area contributed by atoms with Gasteiger partial charge in [-0.1, -0.05) is 18.2 Å². The van der Waals surface area contributed by atoms with Gasteiger partial charge in [-0.05, 0) is 19.5 Å². The first-order valence-corrected chi connectivity index (χ1v) is 7.15. The highest BCUT2D eigenvalue weighted by molar-refractivity contribution is 5.40. The second-order valence-corrected chi connectivity index (χ2v) is 5.34. The normalized spacial score (nSPS) is 18.6. The lowest BCUT2D eigenvalue weighted by atomic mass is 9.90. The van der Waals surface area contributed by atoms with E-state index in [2.05, 4.69) is 33.1 Å². The van der Waals surface area contributed by atoms with Crippen LogP contribution in [0.3, 0.4) is 0 Å². The summed E-state index contributed by atoms with van der Waals surface area (Å²) in [5.74, 6) is 2.60. The molecule has 3 rings (SSSR count). The van der Waals surface area contributed by atoms with Crippen LogP contribution in [-0.2, 0) is 13.5 Å². The summed E-state index contributed by atoms with van der Waals surface area (Å²) < 4.78 is 7.88. The molecule has 0 saturated carbocycles. The van der Waals surface area contributed by atoms with Gasteiger partial charge in [0.1, 0.15) is 11.6 Å². The van der Waals surface area contributed by atoms with Crippen LogP contribution in [0.2, 0.25) is 0 Å². The zero-order valence-electron chi connectivity index (χ0n) is 12.0. The third kappa shape index (κ3) is 2.43. The van der Waals surface area contributed by atoms with Crippen molar-refractivity contribution in [3.63, 3.8) is 0 Å². The minimum Gasteiger partial charge on any atom is -0.493 e. The second kappa shape index (κ2) is 5.67. The van der Waals surface area contributed by atoms with E-state index in [4.69, 9.17) is 4.74 Å². The number of rotatable bonds is 5. The first-order chi connectivity index (χ1) is 9.79. The molecule has 1 aliphatic rings. The van der Waals surface area contributed by atoms with Crippen molar-refractivity contribution in [1.29, 1.82) is 0 Å². The first kappa shape index (κ1) is 13.2. The van der Waals surface area contributed by atoms with Crippen molar-refractivity contribution >= 4 is 0 Å². The highest BCUT2D eigenvalue weighted by Crippen LogP contribution is 2.36.